The monoisotopic (exact) mass is 425 g/mol. The molecule has 9 heteroatoms. The SMILES string of the molecule is CN1CCC(NC(=O)c2ccc(Nc3cc(-c4ccc(C(N)=O)s4)no3)cc2)CC1. The van der Waals surface area contributed by atoms with Crippen LogP contribution in [0, 0.1) is 0 Å². The number of thiophene rings is 1. The lowest BCUT2D eigenvalue weighted by Gasteiger charge is -2.29. The predicted octanol–water partition coefficient (Wildman–Crippen LogP) is 3.07. The standard InChI is InChI=1S/C21H23N5O3S/c1-26-10-8-15(9-11-26)24-21(28)13-2-4-14(5-3-13)23-19-12-16(25-29-19)17-6-7-18(30-17)20(22)27/h2-7,12,15,23H,8-11H2,1H3,(H2,22,27)(H,24,28). The van der Waals surface area contributed by atoms with Gasteiger partial charge in [-0.15, -0.1) is 11.3 Å². The molecule has 1 saturated heterocycles. The largest absolute Gasteiger partial charge is 0.365 e. The molecule has 2 amide bonds. The third-order valence-electron chi connectivity index (χ3n) is 5.08. The van der Waals surface area contributed by atoms with E-state index in [1.807, 2.05) is 12.1 Å². The van der Waals surface area contributed by atoms with Crippen molar-refractivity contribution in [2.75, 3.05) is 25.5 Å². The van der Waals surface area contributed by atoms with Gasteiger partial charge >= 0.3 is 0 Å². The number of piperidine rings is 1. The quantitative estimate of drug-likeness (QED) is 0.559. The topological polar surface area (TPSA) is 113 Å². The lowest BCUT2D eigenvalue weighted by molar-refractivity contribution is 0.0916. The zero-order chi connectivity index (χ0) is 21.1. The molecule has 156 valence electrons. The predicted molar refractivity (Wildman–Crippen MR) is 116 cm³/mol. The van der Waals surface area contributed by atoms with Crippen molar-refractivity contribution in [1.82, 2.24) is 15.4 Å². The van der Waals surface area contributed by atoms with Gasteiger partial charge in [0.1, 0.15) is 5.69 Å². The molecule has 4 rings (SSSR count). The molecule has 8 nitrogen and oxygen atoms in total. The number of hydrogen-bond donors (Lipinski definition) is 3. The number of primary amides is 1. The second kappa shape index (κ2) is 8.68. The molecule has 4 N–H and O–H groups in total. The molecule has 0 aliphatic carbocycles. The van der Waals surface area contributed by atoms with Crippen LogP contribution in [-0.2, 0) is 0 Å². The first-order valence-electron chi connectivity index (χ1n) is 9.71. The van der Waals surface area contributed by atoms with E-state index in [9.17, 15) is 9.59 Å². The van der Waals surface area contributed by atoms with Crippen LogP contribution in [0.5, 0.6) is 0 Å². The molecule has 0 atom stereocenters. The van der Waals surface area contributed by atoms with Gasteiger partial charge in [0, 0.05) is 23.4 Å². The van der Waals surface area contributed by atoms with E-state index < -0.39 is 5.91 Å². The average molecular weight is 426 g/mol. The van der Waals surface area contributed by atoms with Crippen LogP contribution in [0.4, 0.5) is 11.6 Å². The number of nitrogens with zero attached hydrogens (tertiary/aromatic N) is 2. The summed E-state index contributed by atoms with van der Waals surface area (Å²) in [5.41, 5.74) is 7.30. The van der Waals surface area contributed by atoms with Crippen LogP contribution in [0.1, 0.15) is 32.9 Å². The molecule has 2 aromatic heterocycles. The van der Waals surface area contributed by atoms with Crippen molar-refractivity contribution >= 4 is 34.7 Å². The molecule has 0 radical (unpaired) electrons. The van der Waals surface area contributed by atoms with E-state index in [1.165, 1.54) is 11.3 Å². The van der Waals surface area contributed by atoms with Crippen LogP contribution >= 0.6 is 11.3 Å². The molecule has 1 fully saturated rings. The number of nitrogens with two attached hydrogens (primary N) is 1. The van der Waals surface area contributed by atoms with Gasteiger partial charge in [-0.1, -0.05) is 5.16 Å². The molecular formula is C21H23N5O3S. The van der Waals surface area contributed by atoms with Gasteiger partial charge < -0.3 is 25.8 Å². The van der Waals surface area contributed by atoms with Gasteiger partial charge in [0.15, 0.2) is 0 Å². The van der Waals surface area contributed by atoms with Crippen molar-refractivity contribution in [3.8, 4) is 10.6 Å². The molecule has 0 saturated carbocycles. The van der Waals surface area contributed by atoms with Gasteiger partial charge in [0.25, 0.3) is 11.8 Å². The van der Waals surface area contributed by atoms with Gasteiger partial charge in [-0.25, -0.2) is 0 Å². The number of likely N-dealkylation sites (tertiary alicyclic amines) is 1. The van der Waals surface area contributed by atoms with Crippen LogP contribution in [0.25, 0.3) is 10.6 Å². The second-order valence-corrected chi connectivity index (χ2v) is 8.44. The van der Waals surface area contributed by atoms with E-state index in [2.05, 4.69) is 27.7 Å². The first kappa shape index (κ1) is 20.1. The number of carbonyl (C=O) groups is 2. The number of amides is 2. The number of carbonyl (C=O) groups excluding carboxylic acids is 2. The van der Waals surface area contributed by atoms with Crippen molar-refractivity contribution in [3.05, 3.63) is 52.9 Å². The zero-order valence-electron chi connectivity index (χ0n) is 16.6. The van der Waals surface area contributed by atoms with Crippen molar-refractivity contribution in [1.29, 1.82) is 0 Å². The first-order chi connectivity index (χ1) is 14.5. The van der Waals surface area contributed by atoms with Crippen LogP contribution < -0.4 is 16.4 Å². The van der Waals surface area contributed by atoms with Gasteiger partial charge in [-0.05, 0) is 69.4 Å². The molecule has 0 bridgehead atoms. The number of anilines is 2. The lowest BCUT2D eigenvalue weighted by atomic mass is 10.0. The molecule has 1 aromatic carbocycles. The highest BCUT2D eigenvalue weighted by Gasteiger charge is 2.19. The van der Waals surface area contributed by atoms with Gasteiger partial charge in [-0.2, -0.15) is 0 Å². The fourth-order valence-electron chi connectivity index (χ4n) is 3.33. The Labute approximate surface area is 178 Å². The Balaban J connectivity index is 1.36. The summed E-state index contributed by atoms with van der Waals surface area (Å²) >= 11 is 1.26. The maximum absolute atomic E-state index is 12.5. The van der Waals surface area contributed by atoms with Crippen molar-refractivity contribution in [2.24, 2.45) is 5.73 Å². The summed E-state index contributed by atoms with van der Waals surface area (Å²) in [5.74, 6) is -0.0587. The summed E-state index contributed by atoms with van der Waals surface area (Å²) < 4.78 is 5.33. The molecule has 1 aliphatic rings. The van der Waals surface area contributed by atoms with Crippen LogP contribution in [0.3, 0.4) is 0 Å². The van der Waals surface area contributed by atoms with E-state index in [1.54, 1.807) is 30.3 Å². The Morgan fingerprint density at radius 3 is 2.57 bits per heavy atom. The van der Waals surface area contributed by atoms with E-state index in [-0.39, 0.29) is 11.9 Å². The second-order valence-electron chi connectivity index (χ2n) is 7.36. The van der Waals surface area contributed by atoms with Gasteiger partial charge in [-0.3, -0.25) is 9.59 Å². The van der Waals surface area contributed by atoms with Crippen molar-refractivity contribution in [2.45, 2.75) is 18.9 Å². The Hall–Kier alpha value is -3.17. The molecule has 3 heterocycles. The summed E-state index contributed by atoms with van der Waals surface area (Å²) in [6, 6.07) is 12.6. The summed E-state index contributed by atoms with van der Waals surface area (Å²) in [6.45, 7) is 2.00. The van der Waals surface area contributed by atoms with Crippen LogP contribution in [0.2, 0.25) is 0 Å². The molecular weight excluding hydrogens is 402 g/mol. The van der Waals surface area contributed by atoms with Crippen molar-refractivity contribution < 1.29 is 14.1 Å². The average Bonchev–Trinajstić information content (AvgIpc) is 3.40. The van der Waals surface area contributed by atoms with Crippen LogP contribution in [-0.4, -0.2) is 48.0 Å². The van der Waals surface area contributed by atoms with Gasteiger partial charge in [0.2, 0.25) is 5.88 Å². The summed E-state index contributed by atoms with van der Waals surface area (Å²) in [6.07, 6.45) is 1.95. The minimum Gasteiger partial charge on any atom is -0.365 e. The number of nitrogens with one attached hydrogen (secondary N) is 2. The number of benzene rings is 1. The molecule has 0 unspecified atom stereocenters. The number of hydrogen-bond acceptors (Lipinski definition) is 7. The molecule has 30 heavy (non-hydrogen) atoms. The van der Waals surface area contributed by atoms with E-state index in [0.29, 0.717) is 22.0 Å². The first-order valence-corrected chi connectivity index (χ1v) is 10.5. The Morgan fingerprint density at radius 1 is 1.17 bits per heavy atom. The zero-order valence-corrected chi connectivity index (χ0v) is 17.4. The molecule has 3 aromatic rings. The smallest absolute Gasteiger partial charge is 0.258 e. The van der Waals surface area contributed by atoms with Crippen LogP contribution in [0.15, 0.2) is 47.0 Å². The highest BCUT2D eigenvalue weighted by molar-refractivity contribution is 7.17. The summed E-state index contributed by atoms with van der Waals surface area (Å²) in [4.78, 5) is 27.2. The minimum absolute atomic E-state index is 0.0546. The Bertz CT molecular complexity index is 1040. The summed E-state index contributed by atoms with van der Waals surface area (Å²) in [7, 11) is 2.10. The van der Waals surface area contributed by atoms with Gasteiger partial charge in [0.05, 0.1) is 9.75 Å². The lowest BCUT2D eigenvalue weighted by Crippen LogP contribution is -2.43. The normalized spacial score (nSPS) is 15.1. The molecule has 0 spiro atoms. The third kappa shape index (κ3) is 4.69. The van der Waals surface area contributed by atoms with Crippen molar-refractivity contribution in [3.63, 3.8) is 0 Å². The summed E-state index contributed by atoms with van der Waals surface area (Å²) in [5, 5.41) is 10.3. The number of rotatable bonds is 6. The minimum atomic E-state index is -0.465. The highest BCUT2D eigenvalue weighted by atomic mass is 32.1. The maximum Gasteiger partial charge on any atom is 0.258 e. The number of aromatic nitrogens is 1. The molecule has 1 aliphatic heterocycles. The fourth-order valence-corrected chi connectivity index (χ4v) is 4.14. The van der Waals surface area contributed by atoms with E-state index in [4.69, 9.17) is 10.3 Å². The Morgan fingerprint density at radius 2 is 1.90 bits per heavy atom. The van der Waals surface area contributed by atoms with E-state index in [0.717, 1.165) is 36.5 Å². The van der Waals surface area contributed by atoms with E-state index >= 15 is 0 Å². The third-order valence-corrected chi connectivity index (χ3v) is 6.20. The Kier molecular flexibility index (Phi) is 5.82. The highest BCUT2D eigenvalue weighted by Crippen LogP contribution is 2.30. The maximum atomic E-state index is 12.5. The fraction of sp³-hybridized carbons (Fsp3) is 0.286.